The molecular weight excluding hydrogens is 650 g/mol. The number of nitrogens with one attached hydrogen (secondary N) is 1. The van der Waals surface area contributed by atoms with Crippen LogP contribution in [0.1, 0.15) is 26.3 Å². The second-order valence-corrected chi connectivity index (χ2v) is 9.06. The van der Waals surface area contributed by atoms with E-state index in [1.54, 1.807) is 0 Å². The Morgan fingerprint density at radius 2 is 1.41 bits per heavy atom. The normalized spacial score (nSPS) is 12.4. The minimum atomic E-state index is -6.35. The van der Waals surface area contributed by atoms with E-state index in [9.17, 15) is 40.3 Å². The number of benzene rings is 2. The van der Waals surface area contributed by atoms with Crippen molar-refractivity contribution in [2.24, 2.45) is 5.73 Å². The predicted octanol–water partition coefficient (Wildman–Crippen LogP) is 7.05. The molecule has 2 amide bonds. The number of nitrogens with zero attached hydrogens (tertiary/aromatic N) is 1. The summed E-state index contributed by atoms with van der Waals surface area (Å²) >= 11 is 5.44. The Bertz CT molecular complexity index is 1360. The van der Waals surface area contributed by atoms with Gasteiger partial charge in [-0.15, -0.1) is 0 Å². The second-order valence-electron chi connectivity index (χ2n) is 7.35. The average Bonchev–Trinajstić information content (AvgIpc) is 2.79. The van der Waals surface area contributed by atoms with Gasteiger partial charge in [-0.3, -0.25) is 14.6 Å². The smallest absolute Gasteiger partial charge is 0.366 e. The van der Waals surface area contributed by atoms with Gasteiger partial charge in [0.2, 0.25) is 0 Å². The van der Waals surface area contributed by atoms with Crippen LogP contribution >= 0.6 is 31.9 Å². The molecule has 3 N–H and O–H groups in total. The summed E-state index contributed by atoms with van der Waals surface area (Å²) in [7, 11) is 0. The molecule has 0 unspecified atom stereocenters. The zero-order chi connectivity index (χ0) is 27.9. The molecule has 0 spiro atoms. The molecule has 0 saturated carbocycles. The number of pyridine rings is 1. The number of hydrogen-bond acceptors (Lipinski definition) is 3. The van der Waals surface area contributed by atoms with Crippen molar-refractivity contribution in [3.63, 3.8) is 0 Å². The Hall–Kier alpha value is -3.07. The van der Waals surface area contributed by atoms with Gasteiger partial charge in [0.05, 0.1) is 22.5 Å². The molecule has 15 heteroatoms. The summed E-state index contributed by atoms with van der Waals surface area (Å²) in [5.74, 6) is -3.25. The number of aromatic nitrogens is 1. The van der Waals surface area contributed by atoms with Crippen molar-refractivity contribution in [1.29, 1.82) is 0 Å². The van der Waals surface area contributed by atoms with E-state index in [0.29, 0.717) is 0 Å². The topological polar surface area (TPSA) is 85.1 Å². The van der Waals surface area contributed by atoms with Crippen LogP contribution in [0.25, 0.3) is 11.3 Å². The Labute approximate surface area is 219 Å². The summed E-state index contributed by atoms with van der Waals surface area (Å²) < 4.78 is 107. The molecule has 3 aromatic rings. The molecule has 5 nitrogen and oxygen atoms in total. The quantitative estimate of drug-likeness (QED) is 0.288. The van der Waals surface area contributed by atoms with E-state index in [0.717, 1.165) is 6.07 Å². The van der Waals surface area contributed by atoms with Crippen LogP contribution < -0.4 is 11.1 Å². The summed E-state index contributed by atoms with van der Waals surface area (Å²) in [5.41, 5.74) is -3.89. The highest BCUT2D eigenvalue weighted by atomic mass is 79.9. The summed E-state index contributed by atoms with van der Waals surface area (Å²) in [5, 5.41) is 2.14. The van der Waals surface area contributed by atoms with Crippen molar-refractivity contribution in [2.45, 2.75) is 18.0 Å². The fraction of sp³-hybridized carbons (Fsp3) is 0.136. The van der Waals surface area contributed by atoms with Gasteiger partial charge >= 0.3 is 18.0 Å². The molecule has 0 aliphatic heterocycles. The number of carbonyl (C=O) groups is 2. The lowest BCUT2D eigenvalue weighted by molar-refractivity contribution is -0.348. The summed E-state index contributed by atoms with van der Waals surface area (Å²) in [6, 6.07) is 6.51. The lowest BCUT2D eigenvalue weighted by atomic mass is 9.94. The SMILES string of the molecule is NC(=O)c1cccnc1-c1cccc(C(=O)Nc2c(Br)cc(C(F)(C(F)(F)F)C(F)(F)F)cc2Br)c1F. The van der Waals surface area contributed by atoms with Crippen LogP contribution in [0.15, 0.2) is 57.6 Å². The first kappa shape index (κ1) is 28.5. The minimum Gasteiger partial charge on any atom is -0.366 e. The third-order valence-corrected chi connectivity index (χ3v) is 6.28. The van der Waals surface area contributed by atoms with Gasteiger partial charge in [-0.25, -0.2) is 8.78 Å². The van der Waals surface area contributed by atoms with Gasteiger partial charge in [-0.2, -0.15) is 26.3 Å². The zero-order valence-corrected chi connectivity index (χ0v) is 20.9. The lowest BCUT2D eigenvalue weighted by Crippen LogP contribution is -2.50. The number of carbonyl (C=O) groups excluding carboxylic acids is 2. The number of hydrogen-bond donors (Lipinski definition) is 2. The Morgan fingerprint density at radius 1 is 0.865 bits per heavy atom. The van der Waals surface area contributed by atoms with Gasteiger partial charge in [0, 0.05) is 26.3 Å². The van der Waals surface area contributed by atoms with E-state index in [-0.39, 0.29) is 29.0 Å². The Balaban J connectivity index is 2.04. The molecular formula is C22H11Br2F8N3O2. The van der Waals surface area contributed by atoms with E-state index in [2.05, 4.69) is 42.2 Å². The van der Waals surface area contributed by atoms with Gasteiger partial charge in [-0.1, -0.05) is 6.07 Å². The standard InChI is InChI=1S/C22H11Br2F8N3O2/c23-13-7-9(20(26,21(27,28)29)22(30,31)32)8-14(24)17(13)35-19(37)11-4-1-3-10(15(11)25)16-12(18(33)36)5-2-6-34-16/h1-8H,(H2,33,36)(H,35,37). The number of alkyl halides is 7. The third kappa shape index (κ3) is 5.19. The first-order valence-electron chi connectivity index (χ1n) is 9.67. The molecule has 196 valence electrons. The van der Waals surface area contributed by atoms with Gasteiger partial charge in [0.25, 0.3) is 11.8 Å². The van der Waals surface area contributed by atoms with Crippen LogP contribution in [0.4, 0.5) is 40.8 Å². The number of halogens is 10. The summed E-state index contributed by atoms with van der Waals surface area (Å²) in [6.07, 6.45) is -11.5. The van der Waals surface area contributed by atoms with Crippen LogP contribution in [0.3, 0.4) is 0 Å². The maximum atomic E-state index is 15.3. The lowest BCUT2D eigenvalue weighted by Gasteiger charge is -2.31. The van der Waals surface area contributed by atoms with E-state index in [1.807, 2.05) is 0 Å². The number of amides is 2. The van der Waals surface area contributed by atoms with Crippen LogP contribution in [0, 0.1) is 5.82 Å². The monoisotopic (exact) mass is 659 g/mol. The predicted molar refractivity (Wildman–Crippen MR) is 123 cm³/mol. The number of nitrogens with two attached hydrogens (primary N) is 1. The molecule has 0 bridgehead atoms. The van der Waals surface area contributed by atoms with Gasteiger partial charge in [-0.05, 0) is 68.3 Å². The van der Waals surface area contributed by atoms with Gasteiger partial charge < -0.3 is 11.1 Å². The Kier molecular flexibility index (Phi) is 7.71. The van der Waals surface area contributed by atoms with Crippen LogP contribution in [0.2, 0.25) is 0 Å². The van der Waals surface area contributed by atoms with Crippen LogP contribution in [0.5, 0.6) is 0 Å². The van der Waals surface area contributed by atoms with Crippen molar-refractivity contribution in [3.05, 3.63) is 80.1 Å². The number of rotatable bonds is 5. The molecule has 2 aromatic carbocycles. The summed E-state index contributed by atoms with van der Waals surface area (Å²) in [6.45, 7) is 0. The highest BCUT2D eigenvalue weighted by molar-refractivity contribution is 9.11. The number of primary amides is 1. The van der Waals surface area contributed by atoms with E-state index in [1.165, 1.54) is 30.5 Å². The molecule has 1 heterocycles. The van der Waals surface area contributed by atoms with E-state index < -0.39 is 61.4 Å². The summed E-state index contributed by atoms with van der Waals surface area (Å²) in [4.78, 5) is 28.4. The molecule has 37 heavy (non-hydrogen) atoms. The van der Waals surface area contributed by atoms with Crippen molar-refractivity contribution < 1.29 is 44.7 Å². The van der Waals surface area contributed by atoms with E-state index >= 15 is 4.39 Å². The fourth-order valence-corrected chi connectivity index (χ4v) is 4.65. The average molecular weight is 661 g/mol. The van der Waals surface area contributed by atoms with Crippen molar-refractivity contribution in [1.82, 2.24) is 4.98 Å². The highest BCUT2D eigenvalue weighted by Gasteiger charge is 2.73. The largest absolute Gasteiger partial charge is 0.435 e. The molecule has 0 aliphatic rings. The molecule has 1 aromatic heterocycles. The second kappa shape index (κ2) is 10.0. The fourth-order valence-electron chi connectivity index (χ4n) is 3.27. The van der Waals surface area contributed by atoms with Gasteiger partial charge in [0.1, 0.15) is 5.82 Å². The maximum Gasteiger partial charge on any atom is 0.435 e. The maximum absolute atomic E-state index is 15.3. The first-order chi connectivity index (χ1) is 17.0. The molecule has 0 atom stereocenters. The van der Waals surface area contributed by atoms with Crippen LogP contribution in [-0.4, -0.2) is 29.2 Å². The van der Waals surface area contributed by atoms with Gasteiger partial charge in [0.15, 0.2) is 0 Å². The molecule has 0 fully saturated rings. The van der Waals surface area contributed by atoms with Crippen molar-refractivity contribution in [2.75, 3.05) is 5.32 Å². The number of anilines is 1. The van der Waals surface area contributed by atoms with Crippen molar-refractivity contribution in [3.8, 4) is 11.3 Å². The molecule has 3 rings (SSSR count). The van der Waals surface area contributed by atoms with Crippen molar-refractivity contribution >= 4 is 49.4 Å². The zero-order valence-electron chi connectivity index (χ0n) is 17.7. The highest BCUT2D eigenvalue weighted by Crippen LogP contribution is 2.54. The van der Waals surface area contributed by atoms with Crippen LogP contribution in [-0.2, 0) is 5.67 Å². The van der Waals surface area contributed by atoms with E-state index in [4.69, 9.17) is 5.73 Å². The minimum absolute atomic E-state index is 0.149. The first-order valence-corrected chi connectivity index (χ1v) is 11.3. The molecule has 0 saturated heterocycles. The third-order valence-electron chi connectivity index (χ3n) is 5.03. The Morgan fingerprint density at radius 3 is 1.92 bits per heavy atom. The molecule has 0 radical (unpaired) electrons. The molecule has 0 aliphatic carbocycles.